The summed E-state index contributed by atoms with van der Waals surface area (Å²) in [7, 11) is 3.10. The van der Waals surface area contributed by atoms with Crippen molar-refractivity contribution in [3.63, 3.8) is 0 Å². The Balaban J connectivity index is 2.73. The maximum atomic E-state index is 12.2. The van der Waals surface area contributed by atoms with Gasteiger partial charge in [-0.1, -0.05) is 6.92 Å². The molecule has 1 rings (SSSR count). The molecule has 0 saturated carbocycles. The van der Waals surface area contributed by atoms with Crippen LogP contribution in [-0.2, 0) is 4.74 Å². The summed E-state index contributed by atoms with van der Waals surface area (Å²) in [6, 6.07) is 0.255. The van der Waals surface area contributed by atoms with Crippen LogP contribution in [-0.4, -0.2) is 54.7 Å². The summed E-state index contributed by atoms with van der Waals surface area (Å²) in [5.74, 6) is -0.0865. The van der Waals surface area contributed by atoms with Crippen LogP contribution in [0.3, 0.4) is 0 Å². The molecule has 0 unspecified atom stereocenters. The van der Waals surface area contributed by atoms with Crippen LogP contribution in [0.4, 0.5) is 0 Å². The lowest BCUT2D eigenvalue weighted by Gasteiger charge is -2.21. The Morgan fingerprint density at radius 3 is 2.44 bits per heavy atom. The van der Waals surface area contributed by atoms with Crippen molar-refractivity contribution in [2.45, 2.75) is 13.3 Å². The zero-order valence-electron chi connectivity index (χ0n) is 11.0. The minimum atomic E-state index is -0.0865. The summed E-state index contributed by atoms with van der Waals surface area (Å²) < 4.78 is 9.85. The predicted molar refractivity (Wildman–Crippen MR) is 66.7 cm³/mol. The van der Waals surface area contributed by atoms with Gasteiger partial charge >= 0.3 is 6.01 Å². The normalized spacial score (nSPS) is 10.2. The summed E-state index contributed by atoms with van der Waals surface area (Å²) in [6.07, 6.45) is 3.85. The van der Waals surface area contributed by atoms with Gasteiger partial charge in [0, 0.05) is 32.6 Å². The Morgan fingerprint density at radius 2 is 1.94 bits per heavy atom. The maximum absolute atomic E-state index is 12.2. The fourth-order valence-electron chi connectivity index (χ4n) is 1.50. The topological polar surface area (TPSA) is 64.5 Å². The number of carbonyl (C=O) groups is 1. The molecular formula is C12H19N3O3. The molecule has 0 atom stereocenters. The Morgan fingerprint density at radius 1 is 1.28 bits per heavy atom. The molecule has 0 fully saturated rings. The first-order chi connectivity index (χ1) is 8.72. The summed E-state index contributed by atoms with van der Waals surface area (Å²) in [4.78, 5) is 21.8. The van der Waals surface area contributed by atoms with Gasteiger partial charge in [0.1, 0.15) is 0 Å². The number of ether oxygens (including phenoxy) is 2. The third kappa shape index (κ3) is 3.96. The number of amides is 1. The number of hydrogen-bond donors (Lipinski definition) is 0. The van der Waals surface area contributed by atoms with E-state index in [1.807, 2.05) is 6.92 Å². The number of aromatic nitrogens is 2. The van der Waals surface area contributed by atoms with E-state index in [1.165, 1.54) is 19.5 Å². The Labute approximate surface area is 107 Å². The van der Waals surface area contributed by atoms with Gasteiger partial charge in [-0.2, -0.15) is 0 Å². The average molecular weight is 253 g/mol. The molecule has 0 N–H and O–H groups in total. The standard InChI is InChI=1S/C12H19N3O3/c1-4-5-15(6-7-17-2)11(16)10-8-13-12(18-3)14-9-10/h8-9H,4-7H2,1-3H3. The summed E-state index contributed by atoms with van der Waals surface area (Å²) >= 11 is 0. The van der Waals surface area contributed by atoms with Crippen LogP contribution >= 0.6 is 0 Å². The Hall–Kier alpha value is -1.69. The van der Waals surface area contributed by atoms with Crippen molar-refractivity contribution in [1.29, 1.82) is 0 Å². The molecule has 0 aliphatic carbocycles. The van der Waals surface area contributed by atoms with Crippen LogP contribution in [0.2, 0.25) is 0 Å². The van der Waals surface area contributed by atoms with E-state index in [2.05, 4.69) is 9.97 Å². The van der Waals surface area contributed by atoms with Crippen LogP contribution in [0.5, 0.6) is 6.01 Å². The second kappa shape index (κ2) is 7.60. The zero-order chi connectivity index (χ0) is 13.4. The highest BCUT2D eigenvalue weighted by Crippen LogP contribution is 2.06. The zero-order valence-corrected chi connectivity index (χ0v) is 11.0. The van der Waals surface area contributed by atoms with Crippen molar-refractivity contribution < 1.29 is 14.3 Å². The van der Waals surface area contributed by atoms with Gasteiger partial charge in [0.2, 0.25) is 0 Å². The minimum Gasteiger partial charge on any atom is -0.467 e. The van der Waals surface area contributed by atoms with Gasteiger partial charge in [-0.15, -0.1) is 0 Å². The summed E-state index contributed by atoms with van der Waals surface area (Å²) in [6.45, 7) is 3.80. The monoisotopic (exact) mass is 253 g/mol. The van der Waals surface area contributed by atoms with Gasteiger partial charge in [-0.25, -0.2) is 9.97 Å². The maximum Gasteiger partial charge on any atom is 0.316 e. The van der Waals surface area contributed by atoms with E-state index in [1.54, 1.807) is 12.0 Å². The first-order valence-corrected chi connectivity index (χ1v) is 5.87. The largest absolute Gasteiger partial charge is 0.467 e. The Bertz CT molecular complexity index is 367. The fourth-order valence-corrected chi connectivity index (χ4v) is 1.50. The van der Waals surface area contributed by atoms with E-state index >= 15 is 0 Å². The average Bonchev–Trinajstić information content (AvgIpc) is 2.43. The van der Waals surface area contributed by atoms with Crippen molar-refractivity contribution >= 4 is 5.91 Å². The molecule has 0 radical (unpaired) electrons. The highest BCUT2D eigenvalue weighted by Gasteiger charge is 2.15. The highest BCUT2D eigenvalue weighted by molar-refractivity contribution is 5.93. The van der Waals surface area contributed by atoms with E-state index < -0.39 is 0 Å². The molecule has 6 heteroatoms. The molecule has 1 heterocycles. The number of hydrogen-bond acceptors (Lipinski definition) is 5. The van der Waals surface area contributed by atoms with Gasteiger partial charge in [0.25, 0.3) is 5.91 Å². The van der Waals surface area contributed by atoms with Crippen LogP contribution in [0.1, 0.15) is 23.7 Å². The lowest BCUT2D eigenvalue weighted by Crippen LogP contribution is -2.34. The lowest BCUT2D eigenvalue weighted by atomic mass is 10.2. The first-order valence-electron chi connectivity index (χ1n) is 5.87. The number of rotatable bonds is 7. The van der Waals surface area contributed by atoms with Crippen molar-refractivity contribution in [3.05, 3.63) is 18.0 Å². The Kier molecular flexibility index (Phi) is 6.07. The third-order valence-electron chi connectivity index (χ3n) is 2.40. The van der Waals surface area contributed by atoms with Crippen molar-refractivity contribution in [3.8, 4) is 6.01 Å². The van der Waals surface area contributed by atoms with Crippen LogP contribution < -0.4 is 4.74 Å². The first kappa shape index (κ1) is 14.4. The molecule has 100 valence electrons. The second-order valence-electron chi connectivity index (χ2n) is 3.74. The van der Waals surface area contributed by atoms with Crippen molar-refractivity contribution in [1.82, 2.24) is 14.9 Å². The van der Waals surface area contributed by atoms with E-state index in [9.17, 15) is 4.79 Å². The van der Waals surface area contributed by atoms with E-state index in [0.717, 1.165) is 6.42 Å². The van der Waals surface area contributed by atoms with Crippen LogP contribution in [0.15, 0.2) is 12.4 Å². The molecule has 1 aromatic rings. The molecule has 6 nitrogen and oxygen atoms in total. The van der Waals surface area contributed by atoms with Crippen LogP contribution in [0.25, 0.3) is 0 Å². The molecule has 1 aromatic heterocycles. The molecule has 0 aromatic carbocycles. The molecule has 0 aliphatic rings. The highest BCUT2D eigenvalue weighted by atomic mass is 16.5. The van der Waals surface area contributed by atoms with E-state index in [-0.39, 0.29) is 11.9 Å². The number of carbonyl (C=O) groups excluding carboxylic acids is 1. The molecular weight excluding hydrogens is 234 g/mol. The predicted octanol–water partition coefficient (Wildman–Crippen LogP) is 0.984. The fraction of sp³-hybridized carbons (Fsp3) is 0.583. The van der Waals surface area contributed by atoms with Gasteiger partial charge < -0.3 is 14.4 Å². The van der Waals surface area contributed by atoms with Gasteiger partial charge in [-0.3, -0.25) is 4.79 Å². The van der Waals surface area contributed by atoms with Crippen LogP contribution in [0, 0.1) is 0 Å². The van der Waals surface area contributed by atoms with Gasteiger partial charge in [-0.05, 0) is 6.42 Å². The summed E-state index contributed by atoms with van der Waals surface area (Å²) in [5, 5.41) is 0. The summed E-state index contributed by atoms with van der Waals surface area (Å²) in [5.41, 5.74) is 0.459. The van der Waals surface area contributed by atoms with Gasteiger partial charge in [0.05, 0.1) is 19.3 Å². The van der Waals surface area contributed by atoms with Crippen molar-refractivity contribution in [2.24, 2.45) is 0 Å². The molecule has 0 spiro atoms. The SMILES string of the molecule is CCCN(CCOC)C(=O)c1cnc(OC)nc1. The molecule has 1 amide bonds. The number of methoxy groups -OCH3 is 2. The van der Waals surface area contributed by atoms with Gasteiger partial charge in [0.15, 0.2) is 0 Å². The van der Waals surface area contributed by atoms with E-state index in [4.69, 9.17) is 9.47 Å². The quantitative estimate of drug-likeness (QED) is 0.725. The lowest BCUT2D eigenvalue weighted by molar-refractivity contribution is 0.0694. The molecule has 0 aliphatic heterocycles. The number of nitrogens with zero attached hydrogens (tertiary/aromatic N) is 3. The van der Waals surface area contributed by atoms with E-state index in [0.29, 0.717) is 25.3 Å². The molecule has 0 bridgehead atoms. The third-order valence-corrected chi connectivity index (χ3v) is 2.40. The molecule has 18 heavy (non-hydrogen) atoms. The smallest absolute Gasteiger partial charge is 0.316 e. The minimum absolute atomic E-state index is 0.0865. The molecule has 0 saturated heterocycles. The van der Waals surface area contributed by atoms with Crippen molar-refractivity contribution in [2.75, 3.05) is 33.9 Å². The second-order valence-corrected chi connectivity index (χ2v) is 3.74.